The zero-order valence-corrected chi connectivity index (χ0v) is 46.5. The molecule has 0 aliphatic heterocycles. The van der Waals surface area contributed by atoms with Crippen molar-refractivity contribution >= 4 is 0 Å². The highest BCUT2D eigenvalue weighted by atomic mass is 16.6. The predicted molar refractivity (Wildman–Crippen MR) is 321 cm³/mol. The van der Waals surface area contributed by atoms with Gasteiger partial charge in [-0.05, 0) is 45.5 Å². The van der Waals surface area contributed by atoms with Crippen molar-refractivity contribution in [1.82, 2.24) is 0 Å². The molecular weight excluding hydrogens is 1020 g/mol. The number of aliphatic hydroxyl groups excluding tert-OH is 1. The summed E-state index contributed by atoms with van der Waals surface area (Å²) in [6, 6.07) is 94.0. The van der Waals surface area contributed by atoms with E-state index in [2.05, 4.69) is 194 Å². The quantitative estimate of drug-likeness (QED) is 0.0386. The molecule has 0 fully saturated rings. The Balaban J connectivity index is 1.17. The Bertz CT molecular complexity index is 2970. The van der Waals surface area contributed by atoms with Gasteiger partial charge in [0.15, 0.2) is 22.4 Å². The molecular formula is C72H74O10. The van der Waals surface area contributed by atoms with Crippen LogP contribution in [0.15, 0.2) is 273 Å². The normalized spacial score (nSPS) is 12.1. The van der Waals surface area contributed by atoms with Gasteiger partial charge in [0, 0.05) is 11.1 Å². The minimum absolute atomic E-state index is 0.00119. The second-order valence-electron chi connectivity index (χ2n) is 19.4. The van der Waals surface area contributed by atoms with Crippen LogP contribution < -0.4 is 4.74 Å². The SMILES string of the molecule is OCCOCCOCCOCCOCCOCCOCCOC(c1ccccc1)(c1ccccc1)C(OC(c1ccccc1)(c1ccccc1)C(Oc1ccccc1)(c1ccccc1)c1ccccc1)(c1ccccc1)c1ccccc1. The first-order valence-electron chi connectivity index (χ1n) is 28.3. The molecule has 0 aliphatic rings. The maximum atomic E-state index is 9.24. The average molecular weight is 1100 g/mol. The number of rotatable bonds is 35. The van der Waals surface area contributed by atoms with E-state index in [9.17, 15) is 4.74 Å². The molecule has 0 radical (unpaired) electrons. The summed E-state index contributed by atoms with van der Waals surface area (Å²) in [5.41, 5.74) is 0.422. The minimum Gasteiger partial charge on any atom is -0.474 e. The molecule has 0 spiro atoms. The maximum absolute atomic E-state index is 9.24. The van der Waals surface area contributed by atoms with E-state index in [0.29, 0.717) is 78.4 Å². The van der Waals surface area contributed by atoms with Crippen molar-refractivity contribution < 1.29 is 47.7 Å². The fraction of sp³-hybridized carbons (Fsp3) is 0.250. The molecule has 10 nitrogen and oxygen atoms in total. The van der Waals surface area contributed by atoms with Crippen LogP contribution in [-0.4, -0.2) is 97.6 Å². The monoisotopic (exact) mass is 1100 g/mol. The molecule has 10 heteroatoms. The van der Waals surface area contributed by atoms with Crippen molar-refractivity contribution in [3.8, 4) is 5.75 Å². The Morgan fingerprint density at radius 3 is 0.695 bits per heavy atom. The summed E-state index contributed by atoms with van der Waals surface area (Å²) in [6.45, 7) is 4.91. The average Bonchev–Trinajstić information content (AvgIpc) is 2.26. The minimum atomic E-state index is -1.63. The van der Waals surface area contributed by atoms with Crippen LogP contribution in [0.5, 0.6) is 5.75 Å². The van der Waals surface area contributed by atoms with Gasteiger partial charge < -0.3 is 47.7 Å². The van der Waals surface area contributed by atoms with Gasteiger partial charge in [0.1, 0.15) is 5.75 Å². The highest BCUT2D eigenvalue weighted by molar-refractivity contribution is 5.57. The summed E-state index contributed by atoms with van der Waals surface area (Å²) < 4.78 is 59.7. The Hall–Kier alpha value is -7.58. The van der Waals surface area contributed by atoms with E-state index < -0.39 is 22.4 Å². The zero-order chi connectivity index (χ0) is 56.3. The second kappa shape index (κ2) is 31.0. The van der Waals surface area contributed by atoms with Crippen molar-refractivity contribution in [3.05, 3.63) is 317 Å². The Kier molecular flexibility index (Phi) is 22.3. The smallest absolute Gasteiger partial charge is 0.196 e. The lowest BCUT2D eigenvalue weighted by molar-refractivity contribution is -0.266. The van der Waals surface area contributed by atoms with Crippen LogP contribution in [-0.2, 0) is 60.3 Å². The van der Waals surface area contributed by atoms with Gasteiger partial charge in [-0.2, -0.15) is 0 Å². The predicted octanol–water partition coefficient (Wildman–Crippen LogP) is 13.0. The summed E-state index contributed by atoms with van der Waals surface area (Å²) in [5, 5.41) is 8.81. The topological polar surface area (TPSA) is 103 Å². The third-order valence-corrected chi connectivity index (χ3v) is 14.4. The second-order valence-corrected chi connectivity index (χ2v) is 19.4. The molecule has 0 aliphatic carbocycles. The molecule has 0 bridgehead atoms. The van der Waals surface area contributed by atoms with E-state index >= 15 is 0 Å². The summed E-state index contributed by atoms with van der Waals surface area (Å²) >= 11 is 0. The number of benzene rings is 9. The van der Waals surface area contributed by atoms with E-state index in [-0.39, 0.29) is 19.8 Å². The molecule has 0 aromatic heterocycles. The molecule has 0 unspecified atom stereocenters. The van der Waals surface area contributed by atoms with Crippen molar-refractivity contribution in [2.24, 2.45) is 0 Å². The van der Waals surface area contributed by atoms with Gasteiger partial charge in [0.2, 0.25) is 0 Å². The molecule has 9 aromatic rings. The van der Waals surface area contributed by atoms with Gasteiger partial charge in [0.05, 0.1) is 92.5 Å². The Morgan fingerprint density at radius 2 is 0.427 bits per heavy atom. The Labute approximate surface area is 483 Å². The van der Waals surface area contributed by atoms with E-state index in [1.807, 2.05) is 78.9 Å². The molecule has 82 heavy (non-hydrogen) atoms. The summed E-state index contributed by atoms with van der Waals surface area (Å²) in [7, 11) is 0. The third-order valence-electron chi connectivity index (χ3n) is 14.4. The lowest BCUT2D eigenvalue weighted by Gasteiger charge is -2.59. The van der Waals surface area contributed by atoms with Gasteiger partial charge in [-0.25, -0.2) is 0 Å². The van der Waals surface area contributed by atoms with Gasteiger partial charge in [-0.3, -0.25) is 0 Å². The summed E-state index contributed by atoms with van der Waals surface area (Å²) in [5.74, 6) is 0.642. The van der Waals surface area contributed by atoms with Gasteiger partial charge in [-0.15, -0.1) is 0 Å². The van der Waals surface area contributed by atoms with E-state index in [1.54, 1.807) is 0 Å². The molecule has 0 saturated carbocycles. The summed E-state index contributed by atoms with van der Waals surface area (Å²) in [4.78, 5) is 0. The van der Waals surface area contributed by atoms with Crippen LogP contribution in [0, 0.1) is 0 Å². The van der Waals surface area contributed by atoms with Crippen molar-refractivity contribution in [3.63, 3.8) is 0 Å². The number of hydrogen-bond acceptors (Lipinski definition) is 10. The molecule has 9 rings (SSSR count). The first-order chi connectivity index (χ1) is 40.7. The molecule has 0 saturated heterocycles. The van der Waals surface area contributed by atoms with Crippen LogP contribution in [0.25, 0.3) is 0 Å². The van der Waals surface area contributed by atoms with Crippen molar-refractivity contribution in [2.75, 3.05) is 92.5 Å². The molecule has 1 N–H and O–H groups in total. The van der Waals surface area contributed by atoms with E-state index in [1.165, 1.54) is 0 Å². The maximum Gasteiger partial charge on any atom is 0.196 e. The first kappa shape index (κ1) is 59.1. The number of para-hydroxylation sites is 1. The third kappa shape index (κ3) is 13.7. The van der Waals surface area contributed by atoms with E-state index in [4.69, 9.17) is 43.0 Å². The zero-order valence-electron chi connectivity index (χ0n) is 46.5. The summed E-state index contributed by atoms with van der Waals surface area (Å²) in [6.07, 6.45) is 0. The lowest BCUT2D eigenvalue weighted by Crippen LogP contribution is -2.64. The standard InChI is InChI=1S/C72H74O10/c73-46-47-74-48-49-75-50-51-76-52-53-77-54-55-78-56-57-79-58-59-80-69(60-28-10-1-11-29-60,61-30-12-2-13-31-61)71(64-36-18-5-19-37-64,65-38-20-6-21-39-65)82-72(66-40-22-7-23-41-66,67-42-24-8-25-43-67)70(62-32-14-3-15-33-62,63-34-16-4-17-35-63)81-68-44-26-9-27-45-68/h1-45,73H,46-59H2. The lowest BCUT2D eigenvalue weighted by atomic mass is 9.62. The number of aliphatic hydroxyl groups is 1. The highest BCUT2D eigenvalue weighted by Crippen LogP contribution is 2.63. The van der Waals surface area contributed by atoms with Crippen LogP contribution in [0.3, 0.4) is 0 Å². The Morgan fingerprint density at radius 1 is 0.220 bits per heavy atom. The fourth-order valence-corrected chi connectivity index (χ4v) is 10.9. The number of ether oxygens (including phenoxy) is 9. The molecule has 9 aromatic carbocycles. The van der Waals surface area contributed by atoms with Crippen molar-refractivity contribution in [1.29, 1.82) is 0 Å². The van der Waals surface area contributed by atoms with Gasteiger partial charge >= 0.3 is 0 Å². The van der Waals surface area contributed by atoms with Crippen LogP contribution >= 0.6 is 0 Å². The van der Waals surface area contributed by atoms with Crippen LogP contribution in [0.1, 0.15) is 44.5 Å². The molecule has 0 amide bonds. The van der Waals surface area contributed by atoms with Gasteiger partial charge in [0.25, 0.3) is 0 Å². The molecule has 0 heterocycles. The number of hydrogen-bond donors (Lipinski definition) is 1. The molecule has 422 valence electrons. The highest BCUT2D eigenvalue weighted by Gasteiger charge is 2.68. The van der Waals surface area contributed by atoms with E-state index in [0.717, 1.165) is 44.5 Å². The van der Waals surface area contributed by atoms with Crippen molar-refractivity contribution in [2.45, 2.75) is 22.4 Å². The molecule has 0 atom stereocenters. The largest absolute Gasteiger partial charge is 0.474 e. The fourth-order valence-electron chi connectivity index (χ4n) is 10.9. The van der Waals surface area contributed by atoms with Gasteiger partial charge in [-0.1, -0.05) is 261 Å². The van der Waals surface area contributed by atoms with Crippen LogP contribution in [0.4, 0.5) is 0 Å². The van der Waals surface area contributed by atoms with Crippen LogP contribution in [0.2, 0.25) is 0 Å². The first-order valence-corrected chi connectivity index (χ1v) is 28.3.